The summed E-state index contributed by atoms with van der Waals surface area (Å²) in [6, 6.07) is 5.93. The Morgan fingerprint density at radius 3 is 2.82 bits per heavy atom. The summed E-state index contributed by atoms with van der Waals surface area (Å²) in [6.07, 6.45) is 1.15. The van der Waals surface area contributed by atoms with Crippen LogP contribution in [-0.4, -0.2) is 33.9 Å². The second kappa shape index (κ2) is 5.89. The van der Waals surface area contributed by atoms with Crippen molar-refractivity contribution >= 4 is 0 Å². The van der Waals surface area contributed by atoms with Crippen molar-refractivity contribution in [2.24, 2.45) is 0 Å². The van der Waals surface area contributed by atoms with Crippen molar-refractivity contribution in [2.45, 2.75) is 12.5 Å². The first-order valence-corrected chi connectivity index (χ1v) is 5.89. The molecule has 0 saturated carbocycles. The second-order valence-electron chi connectivity index (χ2n) is 4.03. The highest BCUT2D eigenvalue weighted by atomic mass is 16.5. The first-order chi connectivity index (χ1) is 8.35. The van der Waals surface area contributed by atoms with Crippen LogP contribution in [0.2, 0.25) is 0 Å². The molecule has 4 heteroatoms. The maximum atomic E-state index is 5.80. The van der Waals surface area contributed by atoms with Crippen molar-refractivity contribution in [3.05, 3.63) is 23.8 Å². The van der Waals surface area contributed by atoms with Gasteiger partial charge in [-0.15, -0.1) is 0 Å². The van der Waals surface area contributed by atoms with E-state index in [2.05, 4.69) is 5.32 Å². The summed E-state index contributed by atoms with van der Waals surface area (Å²) in [5.74, 6) is 1.50. The van der Waals surface area contributed by atoms with Gasteiger partial charge in [0.05, 0.1) is 20.3 Å². The molecule has 0 aliphatic carbocycles. The smallest absolute Gasteiger partial charge is 0.161 e. The molecule has 1 unspecified atom stereocenters. The number of ether oxygens (including phenoxy) is 3. The standard InChI is InChI=1S/C13H19NO3/c1-15-11-5-4-10(8-12(11)16-2)13-9-14-6-3-7-17-13/h4-5,8,13-14H,3,6-7,9H2,1-2H3. The van der Waals surface area contributed by atoms with Crippen molar-refractivity contribution in [1.82, 2.24) is 5.32 Å². The fourth-order valence-corrected chi connectivity index (χ4v) is 1.98. The molecule has 1 aromatic rings. The zero-order chi connectivity index (χ0) is 12.1. The zero-order valence-electron chi connectivity index (χ0n) is 10.4. The van der Waals surface area contributed by atoms with Crippen LogP contribution in [0.3, 0.4) is 0 Å². The van der Waals surface area contributed by atoms with Gasteiger partial charge in [0.1, 0.15) is 0 Å². The van der Waals surface area contributed by atoms with Gasteiger partial charge in [-0.25, -0.2) is 0 Å². The van der Waals surface area contributed by atoms with Gasteiger partial charge in [0.2, 0.25) is 0 Å². The lowest BCUT2D eigenvalue weighted by atomic mass is 10.1. The first kappa shape index (κ1) is 12.2. The topological polar surface area (TPSA) is 39.7 Å². The summed E-state index contributed by atoms with van der Waals surface area (Å²) < 4.78 is 16.3. The van der Waals surface area contributed by atoms with E-state index in [0.717, 1.165) is 43.2 Å². The third-order valence-corrected chi connectivity index (χ3v) is 2.93. The summed E-state index contributed by atoms with van der Waals surface area (Å²) >= 11 is 0. The number of hydrogen-bond donors (Lipinski definition) is 1. The van der Waals surface area contributed by atoms with Crippen molar-refractivity contribution < 1.29 is 14.2 Å². The van der Waals surface area contributed by atoms with Gasteiger partial charge >= 0.3 is 0 Å². The molecule has 0 amide bonds. The maximum Gasteiger partial charge on any atom is 0.161 e. The third kappa shape index (κ3) is 2.90. The minimum absolute atomic E-state index is 0.0947. The van der Waals surface area contributed by atoms with Gasteiger partial charge in [-0.05, 0) is 30.7 Å². The third-order valence-electron chi connectivity index (χ3n) is 2.93. The molecule has 0 aromatic heterocycles. The summed E-state index contributed by atoms with van der Waals surface area (Å²) in [4.78, 5) is 0. The summed E-state index contributed by atoms with van der Waals surface area (Å²) in [5.41, 5.74) is 1.12. The van der Waals surface area contributed by atoms with Crippen LogP contribution in [0, 0.1) is 0 Å². The van der Waals surface area contributed by atoms with Gasteiger partial charge < -0.3 is 19.5 Å². The van der Waals surface area contributed by atoms with Crippen LogP contribution < -0.4 is 14.8 Å². The van der Waals surface area contributed by atoms with E-state index in [9.17, 15) is 0 Å². The molecule has 0 radical (unpaired) electrons. The predicted molar refractivity (Wildman–Crippen MR) is 65.7 cm³/mol. The molecule has 1 saturated heterocycles. The summed E-state index contributed by atoms with van der Waals surface area (Å²) in [5, 5.41) is 3.36. The molecule has 1 N–H and O–H groups in total. The lowest BCUT2D eigenvalue weighted by Crippen LogP contribution is -2.20. The van der Waals surface area contributed by atoms with Crippen molar-refractivity contribution in [2.75, 3.05) is 33.9 Å². The number of rotatable bonds is 3. The lowest BCUT2D eigenvalue weighted by molar-refractivity contribution is 0.0667. The molecular weight excluding hydrogens is 218 g/mol. The van der Waals surface area contributed by atoms with Crippen LogP contribution in [0.4, 0.5) is 0 Å². The Labute approximate surface area is 102 Å². The van der Waals surface area contributed by atoms with E-state index in [1.807, 2.05) is 18.2 Å². The Morgan fingerprint density at radius 2 is 2.06 bits per heavy atom. The van der Waals surface area contributed by atoms with E-state index in [-0.39, 0.29) is 6.10 Å². The number of hydrogen-bond acceptors (Lipinski definition) is 4. The fourth-order valence-electron chi connectivity index (χ4n) is 1.98. The van der Waals surface area contributed by atoms with E-state index in [1.165, 1.54) is 0 Å². The predicted octanol–water partition coefficient (Wildman–Crippen LogP) is 1.75. The highest BCUT2D eigenvalue weighted by molar-refractivity contribution is 5.43. The molecule has 17 heavy (non-hydrogen) atoms. The largest absolute Gasteiger partial charge is 0.493 e. The molecule has 1 atom stereocenters. The van der Waals surface area contributed by atoms with Gasteiger partial charge in [0.15, 0.2) is 11.5 Å². The Hall–Kier alpha value is -1.26. The average molecular weight is 237 g/mol. The second-order valence-corrected chi connectivity index (χ2v) is 4.03. The molecule has 0 spiro atoms. The van der Waals surface area contributed by atoms with E-state index < -0.39 is 0 Å². The van der Waals surface area contributed by atoms with Crippen LogP contribution >= 0.6 is 0 Å². The molecule has 0 bridgehead atoms. The van der Waals surface area contributed by atoms with Crippen LogP contribution in [0.25, 0.3) is 0 Å². The molecule has 2 rings (SSSR count). The monoisotopic (exact) mass is 237 g/mol. The van der Waals surface area contributed by atoms with E-state index in [0.29, 0.717) is 0 Å². The molecule has 1 aliphatic heterocycles. The molecular formula is C13H19NO3. The Kier molecular flexibility index (Phi) is 4.23. The number of methoxy groups -OCH3 is 2. The van der Waals surface area contributed by atoms with E-state index in [1.54, 1.807) is 14.2 Å². The van der Waals surface area contributed by atoms with Crippen LogP contribution in [0.5, 0.6) is 11.5 Å². The minimum Gasteiger partial charge on any atom is -0.493 e. The van der Waals surface area contributed by atoms with E-state index in [4.69, 9.17) is 14.2 Å². The van der Waals surface area contributed by atoms with Crippen LogP contribution in [0.1, 0.15) is 18.1 Å². The average Bonchev–Trinajstić information content (AvgIpc) is 2.66. The zero-order valence-corrected chi connectivity index (χ0v) is 10.4. The van der Waals surface area contributed by atoms with Gasteiger partial charge in [-0.2, -0.15) is 0 Å². The Bertz CT molecular complexity index is 360. The SMILES string of the molecule is COc1ccc(C2CNCCCO2)cc1OC. The molecule has 1 aromatic carbocycles. The van der Waals surface area contributed by atoms with Crippen molar-refractivity contribution in [1.29, 1.82) is 0 Å². The highest BCUT2D eigenvalue weighted by Crippen LogP contribution is 2.31. The Balaban J connectivity index is 2.19. The van der Waals surface area contributed by atoms with Crippen LogP contribution in [0.15, 0.2) is 18.2 Å². The van der Waals surface area contributed by atoms with Crippen molar-refractivity contribution in [3.63, 3.8) is 0 Å². The quantitative estimate of drug-likeness (QED) is 0.869. The van der Waals surface area contributed by atoms with Gasteiger partial charge in [0, 0.05) is 13.2 Å². The van der Waals surface area contributed by atoms with Gasteiger partial charge in [-0.3, -0.25) is 0 Å². The van der Waals surface area contributed by atoms with Gasteiger partial charge in [0.25, 0.3) is 0 Å². The lowest BCUT2D eigenvalue weighted by Gasteiger charge is -2.17. The normalized spacial score (nSPS) is 20.7. The maximum absolute atomic E-state index is 5.80. The number of nitrogens with one attached hydrogen (secondary N) is 1. The molecule has 1 aliphatic rings. The molecule has 1 fully saturated rings. The van der Waals surface area contributed by atoms with Crippen molar-refractivity contribution in [3.8, 4) is 11.5 Å². The highest BCUT2D eigenvalue weighted by Gasteiger charge is 2.16. The van der Waals surface area contributed by atoms with E-state index >= 15 is 0 Å². The molecule has 94 valence electrons. The summed E-state index contributed by atoms with van der Waals surface area (Å²) in [6.45, 7) is 2.66. The number of benzene rings is 1. The Morgan fingerprint density at radius 1 is 1.24 bits per heavy atom. The minimum atomic E-state index is 0.0947. The van der Waals surface area contributed by atoms with Gasteiger partial charge in [-0.1, -0.05) is 6.07 Å². The summed E-state index contributed by atoms with van der Waals surface area (Å²) in [7, 11) is 3.29. The first-order valence-electron chi connectivity index (χ1n) is 5.89. The molecule has 1 heterocycles. The van der Waals surface area contributed by atoms with Crippen LogP contribution in [-0.2, 0) is 4.74 Å². The molecule has 4 nitrogen and oxygen atoms in total. The fraction of sp³-hybridized carbons (Fsp3) is 0.538.